The quantitative estimate of drug-likeness (QED) is 0.847. The van der Waals surface area contributed by atoms with Crippen LogP contribution in [-0.4, -0.2) is 19.2 Å². The lowest BCUT2D eigenvalue weighted by molar-refractivity contribution is 0.216. The zero-order valence-corrected chi connectivity index (χ0v) is 12.0. The Balaban J connectivity index is 2.42. The highest BCUT2D eigenvalue weighted by Gasteiger charge is 2.07. The molecule has 2 nitrogen and oxygen atoms in total. The van der Waals surface area contributed by atoms with Crippen molar-refractivity contribution in [3.05, 3.63) is 28.2 Å². The molecule has 0 radical (unpaired) electrons. The summed E-state index contributed by atoms with van der Waals surface area (Å²) in [5.74, 6) is 1.32. The summed E-state index contributed by atoms with van der Waals surface area (Å²) in [7, 11) is 0. The second-order valence-corrected chi connectivity index (χ2v) is 5.40. The molecule has 0 saturated carbocycles. The summed E-state index contributed by atoms with van der Waals surface area (Å²) < 4.78 is 5.73. The normalized spacial score (nSPS) is 12.8. The van der Waals surface area contributed by atoms with Gasteiger partial charge in [0.1, 0.15) is 11.9 Å². The summed E-state index contributed by atoms with van der Waals surface area (Å²) in [6.07, 6.45) is 0.0763. The van der Waals surface area contributed by atoms with Gasteiger partial charge in [0, 0.05) is 11.6 Å². The van der Waals surface area contributed by atoms with Crippen LogP contribution in [0.15, 0.2) is 18.2 Å². The Morgan fingerprint density at radius 2 is 1.88 bits per heavy atom. The number of hydrogen-bond donors (Lipinski definition) is 1. The molecule has 0 fully saturated rings. The van der Waals surface area contributed by atoms with Gasteiger partial charge in [-0.05, 0) is 37.6 Å². The molecule has 4 heteroatoms. The first kappa shape index (κ1) is 14.6. The molecule has 1 rings (SSSR count). The van der Waals surface area contributed by atoms with Crippen LogP contribution in [0.5, 0.6) is 5.75 Å². The minimum absolute atomic E-state index is 0.0763. The summed E-state index contributed by atoms with van der Waals surface area (Å²) in [6.45, 7) is 8.15. The molecule has 0 heterocycles. The lowest BCUT2D eigenvalue weighted by Crippen LogP contribution is -2.31. The summed E-state index contributed by atoms with van der Waals surface area (Å²) in [4.78, 5) is 0. The highest BCUT2D eigenvalue weighted by molar-refractivity contribution is 6.35. The van der Waals surface area contributed by atoms with Gasteiger partial charge in [-0.1, -0.05) is 37.0 Å². The predicted molar refractivity (Wildman–Crippen MR) is 74.3 cm³/mol. The maximum Gasteiger partial charge on any atom is 0.138 e. The van der Waals surface area contributed by atoms with Crippen LogP contribution in [0.25, 0.3) is 0 Å². The molecule has 1 atom stereocenters. The minimum atomic E-state index is 0.0763. The van der Waals surface area contributed by atoms with Crippen LogP contribution in [-0.2, 0) is 0 Å². The molecule has 0 bridgehead atoms. The van der Waals surface area contributed by atoms with E-state index in [1.165, 1.54) is 0 Å². The van der Waals surface area contributed by atoms with Crippen molar-refractivity contribution < 1.29 is 4.74 Å². The van der Waals surface area contributed by atoms with Gasteiger partial charge >= 0.3 is 0 Å². The van der Waals surface area contributed by atoms with Crippen LogP contribution >= 0.6 is 23.2 Å². The number of ether oxygens (including phenoxy) is 1. The fourth-order valence-corrected chi connectivity index (χ4v) is 1.86. The van der Waals surface area contributed by atoms with Crippen LogP contribution in [0.1, 0.15) is 20.8 Å². The third kappa shape index (κ3) is 5.62. The molecule has 96 valence electrons. The first-order valence-electron chi connectivity index (χ1n) is 5.81. The van der Waals surface area contributed by atoms with Crippen LogP contribution in [0, 0.1) is 5.92 Å². The van der Waals surface area contributed by atoms with Crippen LogP contribution < -0.4 is 10.1 Å². The number of rotatable bonds is 6. The maximum absolute atomic E-state index is 6.03. The highest BCUT2D eigenvalue weighted by Crippen LogP contribution is 2.28. The SMILES string of the molecule is CC(C)CNCC(C)Oc1ccc(Cl)cc1Cl. The van der Waals surface area contributed by atoms with E-state index in [1.54, 1.807) is 18.2 Å². The average molecular weight is 276 g/mol. The van der Waals surface area contributed by atoms with Crippen molar-refractivity contribution in [3.8, 4) is 5.75 Å². The van der Waals surface area contributed by atoms with Gasteiger partial charge in [0.05, 0.1) is 5.02 Å². The second-order valence-electron chi connectivity index (χ2n) is 4.56. The van der Waals surface area contributed by atoms with Gasteiger partial charge in [-0.3, -0.25) is 0 Å². The Morgan fingerprint density at radius 3 is 2.47 bits per heavy atom. The van der Waals surface area contributed by atoms with Gasteiger partial charge < -0.3 is 10.1 Å². The van der Waals surface area contributed by atoms with Crippen molar-refractivity contribution in [1.29, 1.82) is 0 Å². The highest BCUT2D eigenvalue weighted by atomic mass is 35.5. The number of hydrogen-bond acceptors (Lipinski definition) is 2. The van der Waals surface area contributed by atoms with Gasteiger partial charge in [-0.25, -0.2) is 0 Å². The van der Waals surface area contributed by atoms with Crippen molar-refractivity contribution in [2.75, 3.05) is 13.1 Å². The molecule has 1 aromatic rings. The summed E-state index contributed by atoms with van der Waals surface area (Å²) in [5.41, 5.74) is 0. The first-order valence-corrected chi connectivity index (χ1v) is 6.57. The number of halogens is 2. The standard InChI is InChI=1S/C13H19Cl2NO/c1-9(2)7-16-8-10(3)17-13-5-4-11(14)6-12(13)15/h4-6,9-10,16H,7-8H2,1-3H3. The van der Waals surface area contributed by atoms with Gasteiger partial charge in [0.15, 0.2) is 0 Å². The number of benzene rings is 1. The van der Waals surface area contributed by atoms with Crippen molar-refractivity contribution in [1.82, 2.24) is 5.32 Å². The van der Waals surface area contributed by atoms with Crippen molar-refractivity contribution in [2.24, 2.45) is 5.92 Å². The fraction of sp³-hybridized carbons (Fsp3) is 0.538. The summed E-state index contributed by atoms with van der Waals surface area (Å²) in [6, 6.07) is 5.26. The lowest BCUT2D eigenvalue weighted by Gasteiger charge is -2.17. The fourth-order valence-electron chi connectivity index (χ4n) is 1.40. The summed E-state index contributed by atoms with van der Waals surface area (Å²) >= 11 is 11.8. The van der Waals surface area contributed by atoms with E-state index in [9.17, 15) is 0 Å². The largest absolute Gasteiger partial charge is 0.488 e. The van der Waals surface area contributed by atoms with Gasteiger partial charge in [0.25, 0.3) is 0 Å². The lowest BCUT2D eigenvalue weighted by atomic mass is 10.2. The van der Waals surface area contributed by atoms with E-state index in [4.69, 9.17) is 27.9 Å². The molecule has 0 spiro atoms. The molecule has 1 aromatic carbocycles. The first-order chi connectivity index (χ1) is 7.99. The van der Waals surface area contributed by atoms with E-state index < -0.39 is 0 Å². The van der Waals surface area contributed by atoms with Crippen LogP contribution in [0.2, 0.25) is 10.0 Å². The Bertz CT molecular complexity index is 355. The van der Waals surface area contributed by atoms with Crippen molar-refractivity contribution in [3.63, 3.8) is 0 Å². The van der Waals surface area contributed by atoms with Gasteiger partial charge in [-0.15, -0.1) is 0 Å². The third-order valence-electron chi connectivity index (χ3n) is 2.21. The van der Waals surface area contributed by atoms with E-state index in [-0.39, 0.29) is 6.10 Å². The maximum atomic E-state index is 6.03. The third-order valence-corrected chi connectivity index (χ3v) is 2.74. The molecule has 0 saturated heterocycles. The predicted octanol–water partition coefficient (Wildman–Crippen LogP) is 4.01. The molecule has 0 aliphatic heterocycles. The molecule has 0 aliphatic carbocycles. The zero-order chi connectivity index (χ0) is 12.8. The van der Waals surface area contributed by atoms with E-state index in [2.05, 4.69) is 19.2 Å². The Morgan fingerprint density at radius 1 is 1.18 bits per heavy atom. The summed E-state index contributed by atoms with van der Waals surface area (Å²) in [5, 5.41) is 4.51. The molecule has 0 aliphatic rings. The molecule has 0 aromatic heterocycles. The Labute approximate surface area is 113 Å². The van der Waals surface area contributed by atoms with Gasteiger partial charge in [-0.2, -0.15) is 0 Å². The minimum Gasteiger partial charge on any atom is -0.488 e. The van der Waals surface area contributed by atoms with Crippen LogP contribution in [0.4, 0.5) is 0 Å². The van der Waals surface area contributed by atoms with Crippen molar-refractivity contribution in [2.45, 2.75) is 26.9 Å². The number of nitrogens with one attached hydrogen (secondary N) is 1. The molecule has 17 heavy (non-hydrogen) atoms. The van der Waals surface area contributed by atoms with E-state index in [1.807, 2.05) is 6.92 Å². The van der Waals surface area contributed by atoms with E-state index in [0.29, 0.717) is 21.7 Å². The molecule has 1 unspecified atom stereocenters. The molecular formula is C13H19Cl2NO. The average Bonchev–Trinajstić information content (AvgIpc) is 2.21. The van der Waals surface area contributed by atoms with E-state index >= 15 is 0 Å². The van der Waals surface area contributed by atoms with Crippen molar-refractivity contribution >= 4 is 23.2 Å². The Hall–Kier alpha value is -0.440. The monoisotopic (exact) mass is 275 g/mol. The second kappa shape index (κ2) is 7.10. The smallest absolute Gasteiger partial charge is 0.138 e. The van der Waals surface area contributed by atoms with E-state index in [0.717, 1.165) is 13.1 Å². The zero-order valence-electron chi connectivity index (χ0n) is 10.5. The van der Waals surface area contributed by atoms with Gasteiger partial charge in [0.2, 0.25) is 0 Å². The van der Waals surface area contributed by atoms with Crippen LogP contribution in [0.3, 0.4) is 0 Å². The Kier molecular flexibility index (Phi) is 6.10. The molecular weight excluding hydrogens is 257 g/mol. The molecule has 1 N–H and O–H groups in total. The molecule has 0 amide bonds. The topological polar surface area (TPSA) is 21.3 Å².